The zero-order valence-electron chi connectivity index (χ0n) is 16.3. The SMILES string of the molecule is CC(C)C[C@H]1CN(C(=O)/C=C/c2ccc(Cl)c(Cl)c2)[C@@H](CC(C)C)C(=O)N1. The van der Waals surface area contributed by atoms with Gasteiger partial charge in [0, 0.05) is 18.7 Å². The number of carbonyl (C=O) groups is 2. The van der Waals surface area contributed by atoms with Crippen molar-refractivity contribution in [1.82, 2.24) is 10.2 Å². The number of hydrogen-bond acceptors (Lipinski definition) is 2. The molecule has 2 amide bonds. The van der Waals surface area contributed by atoms with Crippen LogP contribution in [0.3, 0.4) is 0 Å². The molecule has 0 aliphatic carbocycles. The third-order valence-corrected chi connectivity index (χ3v) is 5.28. The number of hydrogen-bond donors (Lipinski definition) is 1. The van der Waals surface area contributed by atoms with Gasteiger partial charge in [-0.15, -0.1) is 0 Å². The van der Waals surface area contributed by atoms with E-state index in [4.69, 9.17) is 23.2 Å². The molecule has 0 unspecified atom stereocenters. The summed E-state index contributed by atoms with van der Waals surface area (Å²) in [7, 11) is 0. The fourth-order valence-electron chi connectivity index (χ4n) is 3.36. The molecule has 1 N–H and O–H groups in total. The third-order valence-electron chi connectivity index (χ3n) is 4.54. The molecule has 1 aromatic rings. The topological polar surface area (TPSA) is 49.4 Å². The summed E-state index contributed by atoms with van der Waals surface area (Å²) >= 11 is 12.0. The van der Waals surface area contributed by atoms with Crippen LogP contribution in [0, 0.1) is 11.8 Å². The van der Waals surface area contributed by atoms with Crippen LogP contribution in [-0.4, -0.2) is 35.3 Å². The Kier molecular flexibility index (Phi) is 7.75. The Morgan fingerprint density at radius 1 is 1.19 bits per heavy atom. The highest BCUT2D eigenvalue weighted by Crippen LogP contribution is 2.24. The third kappa shape index (κ3) is 6.25. The first-order valence-corrected chi connectivity index (χ1v) is 10.2. The second kappa shape index (κ2) is 9.61. The predicted octanol–water partition coefficient (Wildman–Crippen LogP) is 4.79. The van der Waals surface area contributed by atoms with Gasteiger partial charge in [0.05, 0.1) is 10.0 Å². The molecule has 1 aliphatic heterocycles. The van der Waals surface area contributed by atoms with Gasteiger partial charge in [0.2, 0.25) is 11.8 Å². The maximum Gasteiger partial charge on any atom is 0.247 e. The van der Waals surface area contributed by atoms with E-state index in [1.807, 2.05) is 0 Å². The van der Waals surface area contributed by atoms with Crippen molar-refractivity contribution in [2.45, 2.75) is 52.6 Å². The van der Waals surface area contributed by atoms with Crippen molar-refractivity contribution >= 4 is 41.1 Å². The van der Waals surface area contributed by atoms with Gasteiger partial charge in [-0.3, -0.25) is 9.59 Å². The minimum absolute atomic E-state index is 0.0109. The number of nitrogens with zero attached hydrogens (tertiary/aromatic N) is 1. The first-order valence-electron chi connectivity index (χ1n) is 9.41. The lowest BCUT2D eigenvalue weighted by atomic mass is 9.95. The van der Waals surface area contributed by atoms with Crippen molar-refractivity contribution < 1.29 is 9.59 Å². The Bertz CT molecular complexity index is 716. The lowest BCUT2D eigenvalue weighted by molar-refractivity contribution is -0.142. The monoisotopic (exact) mass is 410 g/mol. The molecule has 0 spiro atoms. The van der Waals surface area contributed by atoms with Crippen molar-refractivity contribution in [1.29, 1.82) is 0 Å². The average Bonchev–Trinajstić information content (AvgIpc) is 2.57. The van der Waals surface area contributed by atoms with Crippen molar-refractivity contribution in [3.05, 3.63) is 39.9 Å². The van der Waals surface area contributed by atoms with E-state index in [1.54, 1.807) is 29.2 Å². The van der Waals surface area contributed by atoms with E-state index in [0.29, 0.717) is 34.8 Å². The van der Waals surface area contributed by atoms with Crippen LogP contribution in [0.5, 0.6) is 0 Å². The van der Waals surface area contributed by atoms with E-state index in [1.165, 1.54) is 6.08 Å². The van der Waals surface area contributed by atoms with Gasteiger partial charge in [-0.1, -0.05) is 57.0 Å². The molecule has 1 fully saturated rings. The molecule has 1 aromatic carbocycles. The molecule has 0 radical (unpaired) electrons. The Balaban J connectivity index is 2.19. The van der Waals surface area contributed by atoms with Crippen LogP contribution in [-0.2, 0) is 9.59 Å². The minimum atomic E-state index is -0.431. The van der Waals surface area contributed by atoms with E-state index in [-0.39, 0.29) is 17.9 Å². The average molecular weight is 411 g/mol. The maximum absolute atomic E-state index is 12.9. The second-order valence-corrected chi connectivity index (χ2v) is 8.79. The lowest BCUT2D eigenvalue weighted by Crippen LogP contribution is -2.61. The maximum atomic E-state index is 12.9. The van der Waals surface area contributed by atoms with E-state index in [2.05, 4.69) is 33.0 Å². The molecule has 148 valence electrons. The highest BCUT2D eigenvalue weighted by atomic mass is 35.5. The van der Waals surface area contributed by atoms with Crippen LogP contribution in [0.15, 0.2) is 24.3 Å². The van der Waals surface area contributed by atoms with Crippen molar-refractivity contribution in [3.8, 4) is 0 Å². The zero-order valence-corrected chi connectivity index (χ0v) is 17.8. The fourth-order valence-corrected chi connectivity index (χ4v) is 3.66. The van der Waals surface area contributed by atoms with Gasteiger partial charge < -0.3 is 10.2 Å². The molecular formula is C21H28Cl2N2O2. The summed E-state index contributed by atoms with van der Waals surface area (Å²) in [6, 6.07) is 4.77. The second-order valence-electron chi connectivity index (χ2n) is 7.98. The van der Waals surface area contributed by atoms with E-state index < -0.39 is 6.04 Å². The summed E-state index contributed by atoms with van der Waals surface area (Å²) in [6.45, 7) is 8.88. The molecule has 2 rings (SSSR count). The first-order chi connectivity index (χ1) is 12.7. The number of benzene rings is 1. The van der Waals surface area contributed by atoms with Gasteiger partial charge >= 0.3 is 0 Å². The number of amides is 2. The summed E-state index contributed by atoms with van der Waals surface area (Å²) in [5.41, 5.74) is 0.790. The Morgan fingerprint density at radius 2 is 1.85 bits per heavy atom. The molecule has 0 saturated carbocycles. The van der Waals surface area contributed by atoms with Crippen molar-refractivity contribution in [2.24, 2.45) is 11.8 Å². The van der Waals surface area contributed by atoms with Crippen LogP contribution in [0.1, 0.15) is 46.1 Å². The van der Waals surface area contributed by atoms with Gasteiger partial charge in [-0.25, -0.2) is 0 Å². The highest BCUT2D eigenvalue weighted by molar-refractivity contribution is 6.42. The van der Waals surface area contributed by atoms with Crippen LogP contribution >= 0.6 is 23.2 Å². The summed E-state index contributed by atoms with van der Waals surface area (Å²) in [6.07, 6.45) is 4.71. The molecular weight excluding hydrogens is 383 g/mol. The number of halogens is 2. The lowest BCUT2D eigenvalue weighted by Gasteiger charge is -2.40. The van der Waals surface area contributed by atoms with Crippen molar-refractivity contribution in [2.75, 3.05) is 6.54 Å². The van der Waals surface area contributed by atoms with Gasteiger partial charge in [0.15, 0.2) is 0 Å². The molecule has 6 heteroatoms. The Labute approximate surface area is 171 Å². The Morgan fingerprint density at radius 3 is 2.44 bits per heavy atom. The summed E-state index contributed by atoms with van der Waals surface area (Å²) < 4.78 is 0. The molecule has 1 heterocycles. The van der Waals surface area contributed by atoms with Gasteiger partial charge in [-0.2, -0.15) is 0 Å². The molecule has 1 aliphatic rings. The number of piperazine rings is 1. The van der Waals surface area contributed by atoms with Gasteiger partial charge in [0.1, 0.15) is 6.04 Å². The molecule has 0 aromatic heterocycles. The molecule has 27 heavy (non-hydrogen) atoms. The molecule has 2 atom stereocenters. The predicted molar refractivity (Wildman–Crippen MR) is 112 cm³/mol. The number of carbonyl (C=O) groups excluding carboxylic acids is 2. The molecule has 0 bridgehead atoms. The largest absolute Gasteiger partial charge is 0.350 e. The normalized spacial score (nSPS) is 20.6. The van der Waals surface area contributed by atoms with Gasteiger partial charge in [0.25, 0.3) is 0 Å². The van der Waals surface area contributed by atoms with Crippen LogP contribution in [0.4, 0.5) is 0 Å². The number of nitrogens with one attached hydrogen (secondary N) is 1. The fraction of sp³-hybridized carbons (Fsp3) is 0.524. The minimum Gasteiger partial charge on any atom is -0.350 e. The summed E-state index contributed by atoms with van der Waals surface area (Å²) in [4.78, 5) is 27.2. The van der Waals surface area contributed by atoms with E-state index in [0.717, 1.165) is 12.0 Å². The quantitative estimate of drug-likeness (QED) is 0.684. The van der Waals surface area contributed by atoms with E-state index >= 15 is 0 Å². The Hall–Kier alpha value is -1.52. The summed E-state index contributed by atoms with van der Waals surface area (Å²) in [5, 5.41) is 4.00. The number of rotatable bonds is 6. The smallest absolute Gasteiger partial charge is 0.247 e. The first kappa shape index (κ1) is 21.8. The van der Waals surface area contributed by atoms with Crippen molar-refractivity contribution in [3.63, 3.8) is 0 Å². The van der Waals surface area contributed by atoms with Crippen LogP contribution < -0.4 is 5.32 Å². The standard InChI is InChI=1S/C21H28Cl2N2O2/c1-13(2)9-16-12-25(19(10-14(3)4)21(27)24-16)20(26)8-6-15-5-7-17(22)18(23)11-15/h5-8,11,13-14,16,19H,9-10,12H2,1-4H3,(H,24,27)/b8-6+/t16-,19-/m0/s1. The molecule has 1 saturated heterocycles. The zero-order chi connectivity index (χ0) is 20.1. The van der Waals surface area contributed by atoms with E-state index in [9.17, 15) is 9.59 Å². The highest BCUT2D eigenvalue weighted by Gasteiger charge is 2.36. The molecule has 4 nitrogen and oxygen atoms in total. The summed E-state index contributed by atoms with van der Waals surface area (Å²) in [5.74, 6) is 0.546. The van der Waals surface area contributed by atoms with Gasteiger partial charge in [-0.05, 0) is 48.4 Å². The van der Waals surface area contributed by atoms with Crippen LogP contribution in [0.25, 0.3) is 6.08 Å². The van der Waals surface area contributed by atoms with Crippen LogP contribution in [0.2, 0.25) is 10.0 Å².